The van der Waals surface area contributed by atoms with Gasteiger partial charge >= 0.3 is 0 Å². The maximum absolute atomic E-state index is 5.68. The molecule has 2 heterocycles. The van der Waals surface area contributed by atoms with Crippen LogP contribution >= 0.6 is 0 Å². The summed E-state index contributed by atoms with van der Waals surface area (Å²) in [6.07, 6.45) is 0. The van der Waals surface area contributed by atoms with Crippen molar-refractivity contribution >= 4 is 0 Å². The minimum absolute atomic E-state index is 0.130. The Hall–Kier alpha value is -3.42. The molecule has 1 aliphatic rings. The van der Waals surface area contributed by atoms with E-state index in [1.165, 1.54) is 0 Å². The summed E-state index contributed by atoms with van der Waals surface area (Å²) in [5.41, 5.74) is 0.700. The fraction of sp³-hybridized carbons (Fsp3) is 0.222. The van der Waals surface area contributed by atoms with Gasteiger partial charge in [-0.3, -0.25) is 0 Å². The Morgan fingerprint density at radius 1 is 0.962 bits per heavy atom. The minimum Gasteiger partial charge on any atom is -0.497 e. The van der Waals surface area contributed by atoms with Crippen LogP contribution in [0.3, 0.4) is 0 Å². The Bertz CT molecular complexity index is 924. The smallest absolute Gasteiger partial charge is 0.264 e. The third-order valence-electron chi connectivity index (χ3n) is 3.82. The number of benzene rings is 2. The van der Waals surface area contributed by atoms with E-state index < -0.39 is 0 Å². The molecule has 0 unspecified atom stereocenters. The van der Waals surface area contributed by atoms with Crippen molar-refractivity contribution in [2.45, 2.75) is 6.61 Å². The number of hydrogen-bond acceptors (Lipinski definition) is 8. The van der Waals surface area contributed by atoms with Gasteiger partial charge in [-0.15, -0.1) is 0 Å². The molecule has 0 fully saturated rings. The highest BCUT2D eigenvalue weighted by atomic mass is 16.7. The minimum atomic E-state index is 0.130. The largest absolute Gasteiger partial charge is 0.497 e. The summed E-state index contributed by atoms with van der Waals surface area (Å²) in [5.74, 6) is 4.00. The lowest BCUT2D eigenvalue weighted by molar-refractivity contribution is 0.173. The Morgan fingerprint density at radius 3 is 2.65 bits per heavy atom. The van der Waals surface area contributed by atoms with Crippen LogP contribution in [0, 0.1) is 0 Å². The molecule has 4 rings (SSSR count). The molecule has 0 bridgehead atoms. The van der Waals surface area contributed by atoms with Gasteiger partial charge in [0, 0.05) is 12.1 Å². The molecule has 26 heavy (non-hydrogen) atoms. The van der Waals surface area contributed by atoms with E-state index in [0.29, 0.717) is 46.0 Å². The van der Waals surface area contributed by atoms with E-state index in [-0.39, 0.29) is 13.4 Å². The summed E-state index contributed by atoms with van der Waals surface area (Å²) in [6, 6.07) is 10.7. The van der Waals surface area contributed by atoms with Crippen molar-refractivity contribution in [3.05, 3.63) is 42.3 Å². The number of rotatable bonds is 6. The standard InChI is InChI=1S/C18H16N2O6/c1-21-11-3-5-13(15(7-11)22-2)18-19-17(26-20-18)9-23-12-4-6-14-16(8-12)25-10-24-14/h3-8H,9-10H2,1-2H3. The van der Waals surface area contributed by atoms with E-state index in [2.05, 4.69) is 10.1 Å². The van der Waals surface area contributed by atoms with Gasteiger partial charge in [0.1, 0.15) is 17.2 Å². The van der Waals surface area contributed by atoms with Gasteiger partial charge in [0.25, 0.3) is 5.89 Å². The maximum Gasteiger partial charge on any atom is 0.264 e. The van der Waals surface area contributed by atoms with Gasteiger partial charge in [0.05, 0.1) is 19.8 Å². The predicted molar refractivity (Wildman–Crippen MR) is 89.7 cm³/mol. The molecule has 0 spiro atoms. The first-order chi connectivity index (χ1) is 12.8. The SMILES string of the molecule is COc1ccc(-c2noc(COc3ccc4c(c3)OCO4)n2)c(OC)c1. The number of hydrogen-bond donors (Lipinski definition) is 0. The summed E-state index contributed by atoms with van der Waals surface area (Å²) < 4.78 is 32.1. The van der Waals surface area contributed by atoms with Crippen molar-refractivity contribution in [3.8, 4) is 40.1 Å². The van der Waals surface area contributed by atoms with E-state index in [1.807, 2.05) is 6.07 Å². The topological polar surface area (TPSA) is 85.1 Å². The zero-order valence-electron chi connectivity index (χ0n) is 14.2. The fourth-order valence-electron chi connectivity index (χ4n) is 2.52. The van der Waals surface area contributed by atoms with Crippen LogP contribution in [0.2, 0.25) is 0 Å². The summed E-state index contributed by atoms with van der Waals surface area (Å²) in [6.45, 7) is 0.348. The number of fused-ring (bicyclic) bond motifs is 1. The third kappa shape index (κ3) is 3.08. The van der Waals surface area contributed by atoms with E-state index in [4.69, 9.17) is 28.2 Å². The van der Waals surface area contributed by atoms with Crippen LogP contribution in [-0.4, -0.2) is 31.2 Å². The van der Waals surface area contributed by atoms with E-state index in [9.17, 15) is 0 Å². The monoisotopic (exact) mass is 356 g/mol. The van der Waals surface area contributed by atoms with E-state index in [1.54, 1.807) is 44.6 Å². The number of nitrogens with zero attached hydrogens (tertiary/aromatic N) is 2. The molecule has 0 amide bonds. The van der Waals surface area contributed by atoms with Gasteiger partial charge in [0.15, 0.2) is 18.1 Å². The third-order valence-corrected chi connectivity index (χ3v) is 3.82. The molecule has 1 aromatic heterocycles. The van der Waals surface area contributed by atoms with Crippen LogP contribution in [0.4, 0.5) is 0 Å². The first kappa shape index (κ1) is 16.1. The molecule has 2 aromatic carbocycles. The molecule has 0 aliphatic carbocycles. The average molecular weight is 356 g/mol. The molecule has 0 atom stereocenters. The number of ether oxygens (including phenoxy) is 5. The first-order valence-corrected chi connectivity index (χ1v) is 7.84. The quantitative estimate of drug-likeness (QED) is 0.666. The van der Waals surface area contributed by atoms with Crippen LogP contribution in [0.25, 0.3) is 11.4 Å². The lowest BCUT2D eigenvalue weighted by Gasteiger charge is -2.07. The molecule has 0 saturated carbocycles. The van der Waals surface area contributed by atoms with E-state index in [0.717, 1.165) is 0 Å². The average Bonchev–Trinajstić information content (AvgIpc) is 3.34. The van der Waals surface area contributed by atoms with Crippen LogP contribution < -0.4 is 23.7 Å². The van der Waals surface area contributed by atoms with E-state index >= 15 is 0 Å². The first-order valence-electron chi connectivity index (χ1n) is 7.84. The Labute approximate surface area is 149 Å². The van der Waals surface area contributed by atoms with Crippen LogP contribution in [0.5, 0.6) is 28.7 Å². The predicted octanol–water partition coefficient (Wildman–Crippen LogP) is 3.06. The fourth-order valence-corrected chi connectivity index (χ4v) is 2.52. The maximum atomic E-state index is 5.68. The Kier molecular flexibility index (Phi) is 4.22. The zero-order chi connectivity index (χ0) is 17.9. The summed E-state index contributed by atoms with van der Waals surface area (Å²) in [7, 11) is 3.16. The number of methoxy groups -OCH3 is 2. The molecular formula is C18H16N2O6. The van der Waals surface area contributed by atoms with Crippen molar-refractivity contribution in [2.24, 2.45) is 0 Å². The highest BCUT2D eigenvalue weighted by Crippen LogP contribution is 2.35. The molecule has 8 nitrogen and oxygen atoms in total. The molecular weight excluding hydrogens is 340 g/mol. The van der Waals surface area contributed by atoms with Gasteiger partial charge in [-0.1, -0.05) is 5.16 Å². The molecule has 1 aliphatic heterocycles. The molecule has 134 valence electrons. The zero-order valence-corrected chi connectivity index (χ0v) is 14.2. The summed E-state index contributed by atoms with van der Waals surface area (Å²) in [4.78, 5) is 4.35. The second kappa shape index (κ2) is 6.83. The van der Waals surface area contributed by atoms with Gasteiger partial charge in [0.2, 0.25) is 12.6 Å². The number of aromatic nitrogens is 2. The summed E-state index contributed by atoms with van der Waals surface area (Å²) in [5, 5.41) is 3.99. The highest BCUT2D eigenvalue weighted by molar-refractivity contribution is 5.65. The van der Waals surface area contributed by atoms with Crippen molar-refractivity contribution in [3.63, 3.8) is 0 Å². The second-order valence-electron chi connectivity index (χ2n) is 5.38. The van der Waals surface area contributed by atoms with Gasteiger partial charge in [-0.2, -0.15) is 4.98 Å². The molecule has 0 radical (unpaired) electrons. The van der Waals surface area contributed by atoms with Crippen molar-refractivity contribution in [2.75, 3.05) is 21.0 Å². The van der Waals surface area contributed by atoms with Crippen molar-refractivity contribution < 1.29 is 28.2 Å². The Morgan fingerprint density at radius 2 is 1.81 bits per heavy atom. The van der Waals surface area contributed by atoms with Crippen LogP contribution in [-0.2, 0) is 6.61 Å². The lowest BCUT2D eigenvalue weighted by atomic mass is 10.2. The molecule has 0 saturated heterocycles. The lowest BCUT2D eigenvalue weighted by Crippen LogP contribution is -1.96. The molecule has 0 N–H and O–H groups in total. The molecule has 8 heteroatoms. The highest BCUT2D eigenvalue weighted by Gasteiger charge is 2.16. The van der Waals surface area contributed by atoms with Crippen LogP contribution in [0.1, 0.15) is 5.89 Å². The Balaban J connectivity index is 1.48. The van der Waals surface area contributed by atoms with Crippen molar-refractivity contribution in [1.29, 1.82) is 0 Å². The van der Waals surface area contributed by atoms with Gasteiger partial charge in [-0.05, 0) is 24.3 Å². The summed E-state index contributed by atoms with van der Waals surface area (Å²) >= 11 is 0. The normalized spacial score (nSPS) is 12.1. The van der Waals surface area contributed by atoms with Gasteiger partial charge < -0.3 is 28.2 Å². The van der Waals surface area contributed by atoms with Crippen LogP contribution in [0.15, 0.2) is 40.9 Å². The second-order valence-corrected chi connectivity index (χ2v) is 5.38. The van der Waals surface area contributed by atoms with Crippen molar-refractivity contribution in [1.82, 2.24) is 10.1 Å². The van der Waals surface area contributed by atoms with Gasteiger partial charge in [-0.25, -0.2) is 0 Å². The molecule has 3 aromatic rings.